The first-order valence-electron chi connectivity index (χ1n) is 7.61. The molecular formula is C15H32N2O. The second-order valence-corrected chi connectivity index (χ2v) is 6.02. The maximum Gasteiger partial charge on any atom is 0.0855 e. The highest BCUT2D eigenvalue weighted by Crippen LogP contribution is 2.19. The second-order valence-electron chi connectivity index (χ2n) is 6.02. The van der Waals surface area contributed by atoms with Crippen LogP contribution in [-0.2, 0) is 4.74 Å². The van der Waals surface area contributed by atoms with Crippen LogP contribution in [0, 0.1) is 5.92 Å². The van der Waals surface area contributed by atoms with E-state index in [0.717, 1.165) is 25.6 Å². The maximum absolute atomic E-state index is 5.99. The van der Waals surface area contributed by atoms with Crippen LogP contribution in [0.5, 0.6) is 0 Å². The van der Waals surface area contributed by atoms with E-state index in [2.05, 4.69) is 45.0 Å². The maximum atomic E-state index is 5.99. The van der Waals surface area contributed by atoms with Gasteiger partial charge in [0.05, 0.1) is 12.7 Å². The quantitative estimate of drug-likeness (QED) is 0.757. The Morgan fingerprint density at radius 2 is 2.06 bits per heavy atom. The smallest absolute Gasteiger partial charge is 0.0855 e. The van der Waals surface area contributed by atoms with E-state index in [-0.39, 0.29) is 0 Å². The minimum Gasteiger partial charge on any atom is -0.374 e. The number of nitrogens with zero attached hydrogens (tertiary/aromatic N) is 1. The average molecular weight is 256 g/mol. The van der Waals surface area contributed by atoms with Crippen LogP contribution in [0.1, 0.15) is 47.0 Å². The molecule has 1 N–H and O–H groups in total. The molecule has 18 heavy (non-hydrogen) atoms. The molecule has 0 aromatic carbocycles. The van der Waals surface area contributed by atoms with E-state index in [1.54, 1.807) is 0 Å². The van der Waals surface area contributed by atoms with Gasteiger partial charge in [-0.3, -0.25) is 4.90 Å². The molecule has 1 rings (SSSR count). The Morgan fingerprint density at radius 1 is 1.33 bits per heavy atom. The van der Waals surface area contributed by atoms with Gasteiger partial charge in [-0.25, -0.2) is 0 Å². The minimum atomic E-state index is 0.352. The molecule has 0 amide bonds. The number of hydrogen-bond donors (Lipinski definition) is 1. The molecule has 1 aliphatic rings. The third-order valence-corrected chi connectivity index (χ3v) is 4.11. The molecule has 0 saturated carbocycles. The fourth-order valence-corrected chi connectivity index (χ4v) is 2.91. The molecule has 0 spiro atoms. The average Bonchev–Trinajstić information content (AvgIpc) is 2.36. The largest absolute Gasteiger partial charge is 0.374 e. The molecule has 3 atom stereocenters. The summed E-state index contributed by atoms with van der Waals surface area (Å²) in [5, 5.41) is 3.47. The van der Waals surface area contributed by atoms with Gasteiger partial charge in [-0.1, -0.05) is 26.7 Å². The van der Waals surface area contributed by atoms with Gasteiger partial charge in [0.25, 0.3) is 0 Å². The number of nitrogens with one attached hydrogen (secondary N) is 1. The third kappa shape index (κ3) is 4.87. The van der Waals surface area contributed by atoms with E-state index in [9.17, 15) is 0 Å². The summed E-state index contributed by atoms with van der Waals surface area (Å²) < 4.78 is 5.99. The fraction of sp³-hybridized carbons (Fsp3) is 1.00. The van der Waals surface area contributed by atoms with Crippen molar-refractivity contribution >= 4 is 0 Å². The van der Waals surface area contributed by atoms with Crippen molar-refractivity contribution in [2.75, 3.05) is 26.7 Å². The summed E-state index contributed by atoms with van der Waals surface area (Å²) in [6, 6.07) is 1.12. The molecule has 1 fully saturated rings. The van der Waals surface area contributed by atoms with E-state index in [4.69, 9.17) is 4.74 Å². The van der Waals surface area contributed by atoms with Crippen LogP contribution in [0.3, 0.4) is 0 Å². The Hall–Kier alpha value is -0.120. The summed E-state index contributed by atoms with van der Waals surface area (Å²) in [6.45, 7) is 12.2. The lowest BCUT2D eigenvalue weighted by atomic mass is 9.93. The topological polar surface area (TPSA) is 24.5 Å². The van der Waals surface area contributed by atoms with Gasteiger partial charge in [-0.2, -0.15) is 0 Å². The summed E-state index contributed by atoms with van der Waals surface area (Å²) in [5.74, 6) is 0.783. The highest BCUT2D eigenvalue weighted by atomic mass is 16.5. The highest BCUT2D eigenvalue weighted by molar-refractivity contribution is 4.84. The van der Waals surface area contributed by atoms with Crippen LogP contribution in [0.15, 0.2) is 0 Å². The van der Waals surface area contributed by atoms with E-state index in [0.29, 0.717) is 18.2 Å². The number of morpholine rings is 1. The van der Waals surface area contributed by atoms with E-state index >= 15 is 0 Å². The molecule has 0 bridgehead atoms. The van der Waals surface area contributed by atoms with Crippen molar-refractivity contribution in [1.82, 2.24) is 10.2 Å². The Labute approximate surface area is 113 Å². The summed E-state index contributed by atoms with van der Waals surface area (Å²) in [7, 11) is 2.07. The van der Waals surface area contributed by atoms with E-state index in [1.165, 1.54) is 19.3 Å². The standard InChI is InChI=1S/C15H32N2O/c1-6-7-13(4)10-14(16-5)15-11-17(12(2)3)8-9-18-15/h12-16H,6-11H2,1-5H3. The third-order valence-electron chi connectivity index (χ3n) is 4.11. The first-order valence-corrected chi connectivity index (χ1v) is 7.61. The second kappa shape index (κ2) is 8.13. The summed E-state index contributed by atoms with van der Waals surface area (Å²) >= 11 is 0. The number of rotatable bonds is 7. The molecule has 3 unspecified atom stereocenters. The summed E-state index contributed by atoms with van der Waals surface area (Å²) in [4.78, 5) is 2.53. The summed E-state index contributed by atoms with van der Waals surface area (Å²) in [6.07, 6.45) is 4.17. The normalized spacial score (nSPS) is 25.3. The zero-order valence-corrected chi connectivity index (χ0v) is 12.9. The molecule has 108 valence electrons. The van der Waals surface area contributed by atoms with Crippen molar-refractivity contribution in [2.24, 2.45) is 5.92 Å². The van der Waals surface area contributed by atoms with Crippen LogP contribution < -0.4 is 5.32 Å². The molecule has 1 aliphatic heterocycles. The highest BCUT2D eigenvalue weighted by Gasteiger charge is 2.29. The van der Waals surface area contributed by atoms with Crippen LogP contribution in [0.2, 0.25) is 0 Å². The van der Waals surface area contributed by atoms with Gasteiger partial charge < -0.3 is 10.1 Å². The predicted molar refractivity (Wildman–Crippen MR) is 78.0 cm³/mol. The van der Waals surface area contributed by atoms with Gasteiger partial charge in [0.1, 0.15) is 0 Å². The lowest BCUT2D eigenvalue weighted by molar-refractivity contribution is -0.0574. The molecule has 0 aromatic rings. The van der Waals surface area contributed by atoms with Gasteiger partial charge >= 0.3 is 0 Å². The molecule has 0 aliphatic carbocycles. The van der Waals surface area contributed by atoms with Gasteiger partial charge in [0.2, 0.25) is 0 Å². The van der Waals surface area contributed by atoms with Crippen LogP contribution in [0.25, 0.3) is 0 Å². The van der Waals surface area contributed by atoms with Crippen LogP contribution in [0.4, 0.5) is 0 Å². The zero-order valence-electron chi connectivity index (χ0n) is 12.9. The monoisotopic (exact) mass is 256 g/mol. The van der Waals surface area contributed by atoms with E-state index in [1.807, 2.05) is 0 Å². The van der Waals surface area contributed by atoms with Gasteiger partial charge in [-0.15, -0.1) is 0 Å². The summed E-state index contributed by atoms with van der Waals surface area (Å²) in [5.41, 5.74) is 0. The molecular weight excluding hydrogens is 224 g/mol. The molecule has 1 heterocycles. The Kier molecular flexibility index (Phi) is 7.20. The Bertz CT molecular complexity index is 221. The lowest BCUT2D eigenvalue weighted by Crippen LogP contribution is -2.53. The fourth-order valence-electron chi connectivity index (χ4n) is 2.91. The molecule has 1 saturated heterocycles. The van der Waals surface area contributed by atoms with Gasteiger partial charge in [0.15, 0.2) is 0 Å². The van der Waals surface area contributed by atoms with Crippen LogP contribution >= 0.6 is 0 Å². The van der Waals surface area contributed by atoms with Crippen molar-refractivity contribution in [3.63, 3.8) is 0 Å². The first-order chi connectivity index (χ1) is 8.58. The lowest BCUT2D eigenvalue weighted by Gasteiger charge is -2.39. The van der Waals surface area contributed by atoms with Crippen molar-refractivity contribution < 1.29 is 4.74 Å². The van der Waals surface area contributed by atoms with Gasteiger partial charge in [0, 0.05) is 25.2 Å². The number of ether oxygens (including phenoxy) is 1. The van der Waals surface area contributed by atoms with Gasteiger partial charge in [-0.05, 0) is 33.2 Å². The van der Waals surface area contributed by atoms with Crippen molar-refractivity contribution in [2.45, 2.75) is 65.1 Å². The number of likely N-dealkylation sites (N-methyl/N-ethyl adjacent to an activating group) is 1. The first kappa shape index (κ1) is 15.9. The van der Waals surface area contributed by atoms with Crippen LogP contribution in [-0.4, -0.2) is 49.8 Å². The molecule has 3 nitrogen and oxygen atoms in total. The molecule has 0 radical (unpaired) electrons. The van der Waals surface area contributed by atoms with Crippen molar-refractivity contribution in [1.29, 1.82) is 0 Å². The Morgan fingerprint density at radius 3 is 2.61 bits per heavy atom. The van der Waals surface area contributed by atoms with Crippen molar-refractivity contribution in [3.8, 4) is 0 Å². The molecule has 3 heteroatoms. The SMILES string of the molecule is CCCC(C)CC(NC)C1CN(C(C)C)CCO1. The zero-order chi connectivity index (χ0) is 13.5. The van der Waals surface area contributed by atoms with E-state index < -0.39 is 0 Å². The predicted octanol–water partition coefficient (Wildman–Crippen LogP) is 2.51. The minimum absolute atomic E-state index is 0.352. The van der Waals surface area contributed by atoms with Crippen molar-refractivity contribution in [3.05, 3.63) is 0 Å². The number of hydrogen-bond acceptors (Lipinski definition) is 3. The molecule has 0 aromatic heterocycles. The Balaban J connectivity index is 2.48.